The van der Waals surface area contributed by atoms with Gasteiger partial charge in [0.05, 0.1) is 17.5 Å². The summed E-state index contributed by atoms with van der Waals surface area (Å²) in [7, 11) is 1.82. The van der Waals surface area contributed by atoms with Crippen LogP contribution in [0.25, 0.3) is 11.0 Å². The molecule has 26 heavy (non-hydrogen) atoms. The van der Waals surface area contributed by atoms with Crippen molar-refractivity contribution in [1.82, 2.24) is 19.7 Å². The fraction of sp³-hybridized carbons (Fsp3) is 0.611. The molecule has 0 radical (unpaired) electrons. The van der Waals surface area contributed by atoms with Crippen LogP contribution in [0.5, 0.6) is 0 Å². The van der Waals surface area contributed by atoms with E-state index in [4.69, 9.17) is 5.73 Å². The van der Waals surface area contributed by atoms with E-state index in [0.717, 1.165) is 23.1 Å². The number of fused-ring (bicyclic) bond motifs is 1. The van der Waals surface area contributed by atoms with Crippen LogP contribution in [0.15, 0.2) is 12.3 Å². The third-order valence-corrected chi connectivity index (χ3v) is 4.48. The molecule has 0 aliphatic heterocycles. The molecule has 0 fully saturated rings. The minimum atomic E-state index is -0.0184. The number of pyridine rings is 1. The lowest BCUT2D eigenvalue weighted by Gasteiger charge is -2.22. The summed E-state index contributed by atoms with van der Waals surface area (Å²) < 4.78 is 1.88. The molecule has 0 aliphatic rings. The summed E-state index contributed by atoms with van der Waals surface area (Å²) in [6, 6.07) is 2.23. The summed E-state index contributed by atoms with van der Waals surface area (Å²) in [5.41, 5.74) is 8.26. The Hall–Kier alpha value is -1.37. The second-order valence-electron chi connectivity index (χ2n) is 7.14. The Kier molecular flexibility index (Phi) is 9.56. The monoisotopic (exact) mass is 403 g/mol. The van der Waals surface area contributed by atoms with Crippen LogP contribution in [-0.2, 0) is 0 Å². The molecule has 0 aliphatic carbocycles. The van der Waals surface area contributed by atoms with Gasteiger partial charge in [0.2, 0.25) is 0 Å². The van der Waals surface area contributed by atoms with Gasteiger partial charge in [0.1, 0.15) is 0 Å². The predicted molar refractivity (Wildman–Crippen MR) is 112 cm³/mol. The number of hydrogen-bond donors (Lipinski definition) is 1. The van der Waals surface area contributed by atoms with Crippen LogP contribution >= 0.6 is 24.8 Å². The van der Waals surface area contributed by atoms with Crippen molar-refractivity contribution in [1.29, 1.82) is 0 Å². The van der Waals surface area contributed by atoms with Crippen LogP contribution in [0.4, 0.5) is 0 Å². The molecule has 2 heterocycles. The van der Waals surface area contributed by atoms with Gasteiger partial charge in [-0.25, -0.2) is 9.67 Å². The first-order valence-electron chi connectivity index (χ1n) is 8.58. The maximum atomic E-state index is 12.8. The van der Waals surface area contributed by atoms with Crippen LogP contribution in [0.1, 0.15) is 56.2 Å². The van der Waals surface area contributed by atoms with Crippen molar-refractivity contribution < 1.29 is 4.79 Å². The largest absolute Gasteiger partial charge is 0.342 e. The Bertz CT molecular complexity index is 730. The molecule has 1 unspecified atom stereocenters. The lowest BCUT2D eigenvalue weighted by Crippen LogP contribution is -2.35. The molecule has 1 atom stereocenters. The molecular formula is C18H31Cl2N5O. The molecule has 6 nitrogen and oxygen atoms in total. The number of halogens is 2. The molecule has 2 aromatic rings. The maximum absolute atomic E-state index is 12.8. The first kappa shape index (κ1) is 24.6. The van der Waals surface area contributed by atoms with Gasteiger partial charge in [-0.1, -0.05) is 13.8 Å². The zero-order valence-corrected chi connectivity index (χ0v) is 18.0. The lowest BCUT2D eigenvalue weighted by atomic mass is 10.0. The van der Waals surface area contributed by atoms with Gasteiger partial charge in [0.25, 0.3) is 5.91 Å². The van der Waals surface area contributed by atoms with Gasteiger partial charge in [-0.05, 0) is 39.2 Å². The van der Waals surface area contributed by atoms with E-state index in [1.54, 1.807) is 11.1 Å². The topological polar surface area (TPSA) is 77.0 Å². The van der Waals surface area contributed by atoms with Gasteiger partial charge in [-0.15, -0.1) is 24.8 Å². The van der Waals surface area contributed by atoms with E-state index in [2.05, 4.69) is 37.8 Å². The molecule has 1 amide bonds. The van der Waals surface area contributed by atoms with Crippen molar-refractivity contribution >= 4 is 41.8 Å². The zero-order chi connectivity index (χ0) is 18.0. The summed E-state index contributed by atoms with van der Waals surface area (Å²) in [4.78, 5) is 19.1. The van der Waals surface area contributed by atoms with Crippen molar-refractivity contribution in [3.05, 3.63) is 23.5 Å². The van der Waals surface area contributed by atoms with Gasteiger partial charge < -0.3 is 10.6 Å². The highest BCUT2D eigenvalue weighted by Crippen LogP contribution is 2.20. The summed E-state index contributed by atoms with van der Waals surface area (Å²) in [6.45, 7) is 10.8. The van der Waals surface area contributed by atoms with E-state index in [0.29, 0.717) is 18.0 Å². The first-order valence-corrected chi connectivity index (χ1v) is 8.58. The average molecular weight is 404 g/mol. The highest BCUT2D eigenvalue weighted by Gasteiger charge is 2.19. The van der Waals surface area contributed by atoms with Crippen molar-refractivity contribution in [3.63, 3.8) is 0 Å². The van der Waals surface area contributed by atoms with E-state index in [-0.39, 0.29) is 42.8 Å². The fourth-order valence-corrected chi connectivity index (χ4v) is 2.64. The van der Waals surface area contributed by atoms with E-state index < -0.39 is 0 Å². The van der Waals surface area contributed by atoms with Crippen molar-refractivity contribution in [2.75, 3.05) is 13.6 Å². The normalized spacial score (nSPS) is 12.0. The van der Waals surface area contributed by atoms with Crippen LogP contribution < -0.4 is 5.73 Å². The zero-order valence-electron chi connectivity index (χ0n) is 16.4. The number of amides is 1. The van der Waals surface area contributed by atoms with Gasteiger partial charge in [-0.3, -0.25) is 4.79 Å². The summed E-state index contributed by atoms with van der Waals surface area (Å²) in [5.74, 6) is 0.394. The van der Waals surface area contributed by atoms with Crippen molar-refractivity contribution in [3.8, 4) is 0 Å². The minimum absolute atomic E-state index is 0. The highest BCUT2D eigenvalue weighted by atomic mass is 35.5. The van der Waals surface area contributed by atoms with Crippen LogP contribution in [-0.4, -0.2) is 45.2 Å². The number of carbonyl (C=O) groups excluding carboxylic acids is 1. The van der Waals surface area contributed by atoms with Crippen LogP contribution in [0, 0.1) is 12.8 Å². The number of rotatable bonds is 6. The molecule has 2 rings (SSSR count). The Morgan fingerprint density at radius 1 is 1.27 bits per heavy atom. The first-order chi connectivity index (χ1) is 11.2. The molecule has 148 valence electrons. The summed E-state index contributed by atoms with van der Waals surface area (Å²) in [5, 5.41) is 5.27. The second-order valence-corrected chi connectivity index (χ2v) is 7.14. The standard InChI is InChI=1S/C18H29N5O.2ClH/c1-11(2)16(19)7-8-22(6)18(24)15-9-14-10-20-23(12(3)4)17(14)21-13(15)5;;/h9-12,16H,7-8,19H2,1-6H3;2*1H. The van der Waals surface area contributed by atoms with Gasteiger partial charge in [0.15, 0.2) is 5.65 Å². The number of nitrogens with zero attached hydrogens (tertiary/aromatic N) is 4. The number of aryl methyl sites for hydroxylation is 1. The van der Waals surface area contributed by atoms with Crippen LogP contribution in [0.3, 0.4) is 0 Å². The SMILES string of the molecule is Cc1nc2c(cnn2C(C)C)cc1C(=O)N(C)CCC(N)C(C)C.Cl.Cl. The number of carbonyl (C=O) groups is 1. The van der Waals surface area contributed by atoms with Gasteiger partial charge >= 0.3 is 0 Å². The summed E-state index contributed by atoms with van der Waals surface area (Å²) in [6.07, 6.45) is 2.56. The fourth-order valence-electron chi connectivity index (χ4n) is 2.64. The second kappa shape index (κ2) is 10.1. The quantitative estimate of drug-likeness (QED) is 0.798. The average Bonchev–Trinajstić information content (AvgIpc) is 2.93. The predicted octanol–water partition coefficient (Wildman–Crippen LogP) is 3.61. The number of hydrogen-bond acceptors (Lipinski definition) is 4. The molecule has 0 saturated carbocycles. The molecule has 0 saturated heterocycles. The summed E-state index contributed by atoms with van der Waals surface area (Å²) >= 11 is 0. The van der Waals surface area contributed by atoms with Gasteiger partial charge in [0, 0.05) is 31.1 Å². The molecule has 0 aromatic carbocycles. The Labute approximate surface area is 168 Å². The minimum Gasteiger partial charge on any atom is -0.342 e. The molecular weight excluding hydrogens is 373 g/mol. The van der Waals surface area contributed by atoms with E-state index in [9.17, 15) is 4.79 Å². The Morgan fingerprint density at radius 2 is 1.88 bits per heavy atom. The Morgan fingerprint density at radius 3 is 2.42 bits per heavy atom. The number of aromatic nitrogens is 3. The number of nitrogens with two attached hydrogens (primary N) is 1. The van der Waals surface area contributed by atoms with E-state index in [1.165, 1.54) is 0 Å². The van der Waals surface area contributed by atoms with Gasteiger partial charge in [-0.2, -0.15) is 5.10 Å². The van der Waals surface area contributed by atoms with Crippen LogP contribution in [0.2, 0.25) is 0 Å². The Balaban J connectivity index is 0.00000312. The van der Waals surface area contributed by atoms with E-state index >= 15 is 0 Å². The molecule has 0 bridgehead atoms. The molecule has 0 spiro atoms. The lowest BCUT2D eigenvalue weighted by molar-refractivity contribution is 0.0788. The molecule has 8 heteroatoms. The van der Waals surface area contributed by atoms with E-state index in [1.807, 2.05) is 24.7 Å². The molecule has 2 N–H and O–H groups in total. The molecule has 2 aromatic heterocycles. The maximum Gasteiger partial charge on any atom is 0.255 e. The third kappa shape index (κ3) is 5.32. The van der Waals surface area contributed by atoms with Crippen molar-refractivity contribution in [2.24, 2.45) is 11.7 Å². The third-order valence-electron chi connectivity index (χ3n) is 4.48. The smallest absolute Gasteiger partial charge is 0.255 e. The van der Waals surface area contributed by atoms with Crippen molar-refractivity contribution in [2.45, 2.75) is 53.1 Å². The highest BCUT2D eigenvalue weighted by molar-refractivity contribution is 5.98.